The number of hydrogen-bond donors (Lipinski definition) is 1. The fraction of sp³-hybridized carbons (Fsp3) is 0.316. The van der Waals surface area contributed by atoms with Crippen molar-refractivity contribution >= 4 is 35.1 Å². The van der Waals surface area contributed by atoms with Crippen molar-refractivity contribution in [2.24, 2.45) is 5.10 Å². The van der Waals surface area contributed by atoms with Gasteiger partial charge < -0.3 is 4.90 Å². The van der Waals surface area contributed by atoms with Crippen LogP contribution in [-0.2, 0) is 16.0 Å². The van der Waals surface area contributed by atoms with Crippen LogP contribution in [0.3, 0.4) is 0 Å². The van der Waals surface area contributed by atoms with E-state index in [-0.39, 0.29) is 24.7 Å². The number of thiophene rings is 1. The number of carbonyl (C=O) groups excluding carboxylic acids is 2. The zero-order valence-electron chi connectivity index (χ0n) is 14.2. The fourth-order valence-corrected chi connectivity index (χ4v) is 3.67. The van der Waals surface area contributed by atoms with Crippen LogP contribution >= 0.6 is 11.3 Å². The van der Waals surface area contributed by atoms with Crippen LogP contribution in [0.25, 0.3) is 0 Å². The predicted octanol–water partition coefficient (Wildman–Crippen LogP) is 3.27. The maximum absolute atomic E-state index is 12.5. The summed E-state index contributed by atoms with van der Waals surface area (Å²) in [6.45, 7) is 2.71. The van der Waals surface area contributed by atoms with Crippen molar-refractivity contribution in [3.8, 4) is 0 Å². The number of rotatable bonds is 5. The molecule has 1 aromatic carbocycles. The molecular weight excluding hydrogens is 334 g/mol. The van der Waals surface area contributed by atoms with Crippen LogP contribution in [0.1, 0.15) is 35.3 Å². The van der Waals surface area contributed by atoms with Gasteiger partial charge in [-0.2, -0.15) is 5.10 Å². The molecule has 2 aromatic rings. The highest BCUT2D eigenvalue weighted by Gasteiger charge is 2.22. The molecule has 6 heteroatoms. The molecule has 1 aliphatic rings. The minimum Gasteiger partial charge on any atom is -0.312 e. The van der Waals surface area contributed by atoms with Crippen molar-refractivity contribution in [1.29, 1.82) is 0 Å². The van der Waals surface area contributed by atoms with Crippen molar-refractivity contribution in [2.75, 3.05) is 11.4 Å². The fourth-order valence-electron chi connectivity index (χ4n) is 2.88. The number of amides is 2. The number of benzene rings is 1. The van der Waals surface area contributed by atoms with Gasteiger partial charge in [0.05, 0.1) is 6.21 Å². The van der Waals surface area contributed by atoms with Gasteiger partial charge in [0.15, 0.2) is 0 Å². The molecule has 3 rings (SSSR count). The molecular formula is C19H21N3O2S. The molecule has 0 aliphatic carbocycles. The van der Waals surface area contributed by atoms with E-state index in [0.29, 0.717) is 6.54 Å². The summed E-state index contributed by atoms with van der Waals surface area (Å²) < 4.78 is 0. The Morgan fingerprint density at radius 2 is 2.12 bits per heavy atom. The van der Waals surface area contributed by atoms with E-state index in [1.165, 1.54) is 5.56 Å². The van der Waals surface area contributed by atoms with Crippen LogP contribution in [0.4, 0.5) is 5.69 Å². The van der Waals surface area contributed by atoms with Crippen molar-refractivity contribution in [3.63, 3.8) is 0 Å². The van der Waals surface area contributed by atoms with E-state index in [0.717, 1.165) is 29.0 Å². The number of aryl methyl sites for hydroxylation is 2. The molecule has 2 heterocycles. The number of nitrogens with one attached hydrogen (secondary N) is 1. The van der Waals surface area contributed by atoms with Crippen LogP contribution in [0.2, 0.25) is 0 Å². The third kappa shape index (κ3) is 4.33. The van der Waals surface area contributed by atoms with Crippen molar-refractivity contribution in [1.82, 2.24) is 5.43 Å². The van der Waals surface area contributed by atoms with Crippen molar-refractivity contribution in [3.05, 3.63) is 51.7 Å². The maximum Gasteiger partial charge on any atom is 0.240 e. The van der Waals surface area contributed by atoms with Crippen LogP contribution < -0.4 is 10.3 Å². The Kier molecular flexibility index (Phi) is 5.60. The molecule has 0 saturated heterocycles. The molecule has 0 atom stereocenters. The first-order chi connectivity index (χ1) is 12.1. The van der Waals surface area contributed by atoms with Gasteiger partial charge in [-0.1, -0.05) is 18.2 Å². The van der Waals surface area contributed by atoms with Crippen LogP contribution in [0.5, 0.6) is 0 Å². The quantitative estimate of drug-likeness (QED) is 0.661. The molecule has 0 spiro atoms. The summed E-state index contributed by atoms with van der Waals surface area (Å²) >= 11 is 1.57. The molecule has 0 unspecified atom stereocenters. The van der Waals surface area contributed by atoms with Crippen LogP contribution in [-0.4, -0.2) is 24.6 Å². The Bertz CT molecular complexity index is 797. The molecule has 0 bridgehead atoms. The first-order valence-electron chi connectivity index (χ1n) is 8.39. The van der Waals surface area contributed by atoms with Crippen molar-refractivity contribution in [2.45, 2.75) is 32.6 Å². The van der Waals surface area contributed by atoms with Gasteiger partial charge in [0.1, 0.15) is 0 Å². The van der Waals surface area contributed by atoms with E-state index >= 15 is 0 Å². The number of nitrogens with zero attached hydrogens (tertiary/aromatic N) is 2. The van der Waals surface area contributed by atoms with Gasteiger partial charge >= 0.3 is 0 Å². The highest BCUT2D eigenvalue weighted by atomic mass is 32.1. The molecule has 1 aromatic heterocycles. The second-order valence-electron chi connectivity index (χ2n) is 6.04. The third-order valence-electron chi connectivity index (χ3n) is 4.25. The minimum atomic E-state index is -0.246. The van der Waals surface area contributed by atoms with Gasteiger partial charge in [-0.15, -0.1) is 11.3 Å². The summed E-state index contributed by atoms with van der Waals surface area (Å²) in [5, 5.41) is 5.94. The third-order valence-corrected chi connectivity index (χ3v) is 5.20. The average molecular weight is 355 g/mol. The lowest BCUT2D eigenvalue weighted by Crippen LogP contribution is -2.36. The maximum atomic E-state index is 12.5. The minimum absolute atomic E-state index is 0.0135. The SMILES string of the molecule is Cc1ccsc1/C=N/NC(=O)CCC(=O)N1CCCc2ccccc21. The number of hydrogen-bond acceptors (Lipinski definition) is 4. The van der Waals surface area contributed by atoms with E-state index in [1.54, 1.807) is 22.5 Å². The van der Waals surface area contributed by atoms with Gasteiger partial charge in [-0.25, -0.2) is 5.43 Å². The zero-order chi connectivity index (χ0) is 17.6. The Balaban J connectivity index is 1.50. The van der Waals surface area contributed by atoms with Crippen molar-refractivity contribution < 1.29 is 9.59 Å². The molecule has 2 amide bonds. The summed E-state index contributed by atoms with van der Waals surface area (Å²) in [5.41, 5.74) is 5.79. The number of fused-ring (bicyclic) bond motifs is 1. The van der Waals surface area contributed by atoms with Crippen LogP contribution in [0.15, 0.2) is 40.8 Å². The Morgan fingerprint density at radius 3 is 2.92 bits per heavy atom. The molecule has 1 N–H and O–H groups in total. The highest BCUT2D eigenvalue weighted by Crippen LogP contribution is 2.27. The predicted molar refractivity (Wildman–Crippen MR) is 101 cm³/mol. The molecule has 0 saturated carbocycles. The van der Waals surface area contributed by atoms with E-state index in [1.807, 2.05) is 36.6 Å². The second-order valence-corrected chi connectivity index (χ2v) is 6.99. The summed E-state index contributed by atoms with van der Waals surface area (Å²) in [6.07, 6.45) is 3.92. The molecule has 25 heavy (non-hydrogen) atoms. The average Bonchev–Trinajstić information content (AvgIpc) is 3.04. The first kappa shape index (κ1) is 17.4. The lowest BCUT2D eigenvalue weighted by Gasteiger charge is -2.29. The number of para-hydroxylation sites is 1. The first-order valence-corrected chi connectivity index (χ1v) is 9.27. The van der Waals surface area contributed by atoms with Gasteiger partial charge in [0, 0.05) is 30.0 Å². The second kappa shape index (κ2) is 8.07. The normalized spacial score (nSPS) is 13.7. The van der Waals surface area contributed by atoms with E-state index < -0.39 is 0 Å². The molecule has 1 aliphatic heterocycles. The standard InChI is InChI=1S/C19H21N3O2S/c1-14-10-12-25-17(14)13-20-21-18(23)8-9-19(24)22-11-4-6-15-5-2-3-7-16(15)22/h2-3,5,7,10,12-13H,4,6,8-9,11H2,1H3,(H,21,23)/b20-13+. The largest absolute Gasteiger partial charge is 0.312 e. The van der Waals surface area contributed by atoms with E-state index in [2.05, 4.69) is 16.6 Å². The molecule has 5 nitrogen and oxygen atoms in total. The number of anilines is 1. The van der Waals surface area contributed by atoms with Gasteiger partial charge in [-0.05, 0) is 48.4 Å². The Hall–Kier alpha value is -2.47. The molecule has 0 radical (unpaired) electrons. The number of carbonyl (C=O) groups is 2. The van der Waals surface area contributed by atoms with E-state index in [4.69, 9.17) is 0 Å². The molecule has 130 valence electrons. The van der Waals surface area contributed by atoms with Crippen LogP contribution in [0, 0.1) is 6.92 Å². The smallest absolute Gasteiger partial charge is 0.240 e. The van der Waals surface area contributed by atoms with Gasteiger partial charge in [0.2, 0.25) is 11.8 Å². The summed E-state index contributed by atoms with van der Waals surface area (Å²) in [7, 11) is 0. The van der Waals surface area contributed by atoms with Gasteiger partial charge in [-0.3, -0.25) is 9.59 Å². The highest BCUT2D eigenvalue weighted by molar-refractivity contribution is 7.11. The summed E-state index contributed by atoms with van der Waals surface area (Å²) in [5.74, 6) is -0.260. The number of hydrazone groups is 1. The zero-order valence-corrected chi connectivity index (χ0v) is 15.0. The summed E-state index contributed by atoms with van der Waals surface area (Å²) in [4.78, 5) is 27.2. The monoisotopic (exact) mass is 355 g/mol. The topological polar surface area (TPSA) is 61.8 Å². The van der Waals surface area contributed by atoms with E-state index in [9.17, 15) is 9.59 Å². The lowest BCUT2D eigenvalue weighted by molar-refractivity contribution is -0.125. The lowest BCUT2D eigenvalue weighted by atomic mass is 10.0. The molecule has 0 fully saturated rings. The Morgan fingerprint density at radius 1 is 1.28 bits per heavy atom. The van der Waals surface area contributed by atoms with Gasteiger partial charge in [0.25, 0.3) is 0 Å². The Labute approximate surface area is 151 Å². The summed E-state index contributed by atoms with van der Waals surface area (Å²) in [6, 6.07) is 9.97.